The van der Waals surface area contributed by atoms with Gasteiger partial charge in [0, 0.05) is 16.0 Å². The van der Waals surface area contributed by atoms with Crippen LogP contribution in [0.2, 0.25) is 0 Å². The molecule has 0 aliphatic rings. The maximum Gasteiger partial charge on any atom is 0.307 e. The second kappa shape index (κ2) is 5.97. The average Bonchev–Trinajstić information content (AvgIpc) is 2.92. The van der Waals surface area contributed by atoms with E-state index in [9.17, 15) is 4.79 Å². The number of carboxylic acid groups (broad SMARTS) is 1. The quantitative estimate of drug-likeness (QED) is 0.901. The van der Waals surface area contributed by atoms with Gasteiger partial charge in [-0.1, -0.05) is 34.9 Å². The Morgan fingerprint density at radius 2 is 1.86 bits per heavy atom. The number of rotatable bonds is 4. The summed E-state index contributed by atoms with van der Waals surface area (Å²) in [7, 11) is 0. The first-order chi connectivity index (χ1) is 9.81. The molecule has 0 bridgehead atoms. The number of aromatic nitrogens is 2. The Morgan fingerprint density at radius 3 is 2.38 bits per heavy atom. The van der Waals surface area contributed by atoms with Crippen LogP contribution in [0.15, 0.2) is 21.1 Å². The third-order valence-electron chi connectivity index (χ3n) is 3.67. The molecule has 2 aromatic rings. The van der Waals surface area contributed by atoms with Crippen molar-refractivity contribution < 1.29 is 14.4 Å². The topological polar surface area (TPSA) is 76.2 Å². The summed E-state index contributed by atoms with van der Waals surface area (Å²) in [5, 5.41) is 13.0. The number of halogens is 1. The SMILES string of the molecule is Cc1cc(-c2noc(C(C)C(C)C(=O)O)n2)cc(C)c1Br. The number of carboxylic acids is 1. The van der Waals surface area contributed by atoms with Crippen molar-refractivity contribution in [3.8, 4) is 11.4 Å². The molecule has 0 saturated carbocycles. The molecule has 112 valence electrons. The van der Waals surface area contributed by atoms with Crippen LogP contribution in [0.3, 0.4) is 0 Å². The molecule has 6 heteroatoms. The Kier molecular flexibility index (Phi) is 4.46. The Bertz CT molecular complexity index is 658. The predicted molar refractivity (Wildman–Crippen MR) is 82.1 cm³/mol. The lowest BCUT2D eigenvalue weighted by atomic mass is 9.96. The molecule has 2 unspecified atom stereocenters. The molecule has 2 atom stereocenters. The fourth-order valence-corrected chi connectivity index (χ4v) is 2.27. The Labute approximate surface area is 131 Å². The van der Waals surface area contributed by atoms with Crippen LogP contribution in [0.25, 0.3) is 11.4 Å². The Morgan fingerprint density at radius 1 is 1.29 bits per heavy atom. The number of aliphatic carboxylic acids is 1. The van der Waals surface area contributed by atoms with Gasteiger partial charge in [0.15, 0.2) is 0 Å². The van der Waals surface area contributed by atoms with Crippen LogP contribution in [-0.4, -0.2) is 21.2 Å². The van der Waals surface area contributed by atoms with Crippen LogP contribution in [0.4, 0.5) is 0 Å². The van der Waals surface area contributed by atoms with Gasteiger partial charge >= 0.3 is 5.97 Å². The van der Waals surface area contributed by atoms with Gasteiger partial charge in [-0.05, 0) is 37.1 Å². The molecule has 0 aliphatic heterocycles. The second-order valence-electron chi connectivity index (χ2n) is 5.30. The Hall–Kier alpha value is -1.69. The normalized spacial score (nSPS) is 14.0. The van der Waals surface area contributed by atoms with E-state index in [2.05, 4.69) is 26.1 Å². The van der Waals surface area contributed by atoms with Gasteiger partial charge in [0.1, 0.15) is 0 Å². The van der Waals surface area contributed by atoms with Crippen molar-refractivity contribution in [3.05, 3.63) is 33.6 Å². The minimum Gasteiger partial charge on any atom is -0.481 e. The zero-order chi connectivity index (χ0) is 15.7. The minimum atomic E-state index is -0.877. The van der Waals surface area contributed by atoms with Crippen LogP contribution in [0, 0.1) is 19.8 Å². The highest BCUT2D eigenvalue weighted by molar-refractivity contribution is 9.10. The molecule has 1 heterocycles. The molecule has 2 rings (SSSR count). The van der Waals surface area contributed by atoms with Crippen molar-refractivity contribution in [1.82, 2.24) is 10.1 Å². The smallest absolute Gasteiger partial charge is 0.307 e. The molecule has 0 aliphatic carbocycles. The maximum absolute atomic E-state index is 11.0. The third kappa shape index (κ3) is 3.15. The largest absolute Gasteiger partial charge is 0.481 e. The molecule has 5 nitrogen and oxygen atoms in total. The summed E-state index contributed by atoms with van der Waals surface area (Å²) < 4.78 is 6.28. The highest BCUT2D eigenvalue weighted by Gasteiger charge is 2.26. The van der Waals surface area contributed by atoms with Crippen LogP contribution in [0.5, 0.6) is 0 Å². The van der Waals surface area contributed by atoms with E-state index < -0.39 is 11.9 Å². The van der Waals surface area contributed by atoms with Gasteiger partial charge in [-0.25, -0.2) is 0 Å². The van der Waals surface area contributed by atoms with E-state index in [1.807, 2.05) is 26.0 Å². The van der Waals surface area contributed by atoms with Crippen molar-refractivity contribution in [1.29, 1.82) is 0 Å². The van der Waals surface area contributed by atoms with Gasteiger partial charge in [0.2, 0.25) is 11.7 Å². The maximum atomic E-state index is 11.0. The van der Waals surface area contributed by atoms with E-state index in [1.54, 1.807) is 13.8 Å². The molecule has 1 aromatic heterocycles. The molecule has 1 aromatic carbocycles. The highest BCUT2D eigenvalue weighted by Crippen LogP contribution is 2.29. The molecular weight excluding hydrogens is 336 g/mol. The van der Waals surface area contributed by atoms with E-state index >= 15 is 0 Å². The zero-order valence-electron chi connectivity index (χ0n) is 12.3. The minimum absolute atomic E-state index is 0.332. The number of hydrogen-bond acceptors (Lipinski definition) is 4. The van der Waals surface area contributed by atoms with Gasteiger partial charge in [-0.15, -0.1) is 0 Å². The van der Waals surface area contributed by atoms with Crippen LogP contribution >= 0.6 is 15.9 Å². The third-order valence-corrected chi connectivity index (χ3v) is 4.92. The predicted octanol–water partition coefficient (Wildman–Crippen LogP) is 3.94. The number of benzene rings is 1. The van der Waals surface area contributed by atoms with Crippen LogP contribution in [0.1, 0.15) is 36.8 Å². The molecule has 0 saturated heterocycles. The summed E-state index contributed by atoms with van der Waals surface area (Å²) in [4.78, 5) is 15.4. The number of carbonyl (C=O) groups is 1. The average molecular weight is 353 g/mol. The Balaban J connectivity index is 2.34. The van der Waals surface area contributed by atoms with E-state index in [0.29, 0.717) is 11.7 Å². The van der Waals surface area contributed by atoms with E-state index in [0.717, 1.165) is 21.2 Å². The molecule has 0 fully saturated rings. The highest BCUT2D eigenvalue weighted by atomic mass is 79.9. The van der Waals surface area contributed by atoms with Crippen molar-refractivity contribution >= 4 is 21.9 Å². The fraction of sp³-hybridized carbons (Fsp3) is 0.400. The second-order valence-corrected chi connectivity index (χ2v) is 6.09. The summed E-state index contributed by atoms with van der Waals surface area (Å²) >= 11 is 3.52. The summed E-state index contributed by atoms with van der Waals surface area (Å²) in [6.07, 6.45) is 0. The molecular formula is C15H17BrN2O3. The lowest BCUT2D eigenvalue weighted by Gasteiger charge is -2.10. The molecule has 0 radical (unpaired) electrons. The van der Waals surface area contributed by atoms with Gasteiger partial charge in [-0.3, -0.25) is 4.79 Å². The standard InChI is InChI=1S/C15H17BrN2O3/c1-7-5-11(6-8(2)12(7)16)13-17-14(21-18-13)9(3)10(4)15(19)20/h5-6,9-10H,1-4H3,(H,19,20). The summed E-state index contributed by atoms with van der Waals surface area (Å²) in [5.41, 5.74) is 3.03. The first-order valence-electron chi connectivity index (χ1n) is 6.64. The zero-order valence-corrected chi connectivity index (χ0v) is 13.9. The van der Waals surface area contributed by atoms with Crippen molar-refractivity contribution in [2.24, 2.45) is 5.92 Å². The van der Waals surface area contributed by atoms with Crippen LogP contribution in [-0.2, 0) is 4.79 Å². The monoisotopic (exact) mass is 352 g/mol. The van der Waals surface area contributed by atoms with Crippen molar-refractivity contribution in [3.63, 3.8) is 0 Å². The van der Waals surface area contributed by atoms with Crippen LogP contribution < -0.4 is 0 Å². The molecule has 0 spiro atoms. The first-order valence-corrected chi connectivity index (χ1v) is 7.44. The summed E-state index contributed by atoms with van der Waals surface area (Å²) in [6.45, 7) is 7.40. The lowest BCUT2D eigenvalue weighted by Crippen LogP contribution is -2.16. The fourth-order valence-electron chi connectivity index (χ4n) is 2.04. The summed E-state index contributed by atoms with van der Waals surface area (Å²) in [6, 6.07) is 3.94. The van der Waals surface area contributed by atoms with E-state index in [1.165, 1.54) is 0 Å². The lowest BCUT2D eigenvalue weighted by molar-refractivity contribution is -0.141. The van der Waals surface area contributed by atoms with Crippen molar-refractivity contribution in [2.45, 2.75) is 33.6 Å². The van der Waals surface area contributed by atoms with Gasteiger partial charge in [-0.2, -0.15) is 4.98 Å². The summed E-state index contributed by atoms with van der Waals surface area (Å²) in [5.74, 6) is -0.961. The van der Waals surface area contributed by atoms with Crippen molar-refractivity contribution in [2.75, 3.05) is 0 Å². The number of hydrogen-bond donors (Lipinski definition) is 1. The number of aryl methyl sites for hydroxylation is 2. The number of nitrogens with zero attached hydrogens (tertiary/aromatic N) is 2. The van der Waals surface area contributed by atoms with Gasteiger partial charge in [0.05, 0.1) is 5.92 Å². The molecule has 21 heavy (non-hydrogen) atoms. The van der Waals surface area contributed by atoms with E-state index in [-0.39, 0.29) is 5.92 Å². The van der Waals surface area contributed by atoms with E-state index in [4.69, 9.17) is 9.63 Å². The first kappa shape index (κ1) is 15.7. The van der Waals surface area contributed by atoms with Gasteiger partial charge < -0.3 is 9.63 Å². The van der Waals surface area contributed by atoms with Gasteiger partial charge in [0.25, 0.3) is 0 Å². The molecule has 0 amide bonds. The molecule has 1 N–H and O–H groups in total.